The Hall–Kier alpha value is -3.35. The fraction of sp³-hybridized carbons (Fsp3) is 0.500. The van der Waals surface area contributed by atoms with E-state index in [1.165, 1.54) is 0 Å². The van der Waals surface area contributed by atoms with Crippen LogP contribution in [0.15, 0.2) is 60.7 Å². The molecule has 0 aliphatic heterocycles. The van der Waals surface area contributed by atoms with Gasteiger partial charge in [0.25, 0.3) is 0 Å². The molecule has 3 atom stereocenters. The molecule has 3 amide bonds. The van der Waals surface area contributed by atoms with Crippen molar-refractivity contribution in [1.29, 1.82) is 0 Å². The second kappa shape index (κ2) is 13.8. The maximum atomic E-state index is 14.2. The molecule has 0 spiro atoms. The Balaban J connectivity index is 2.48. The molecule has 2 aromatic rings. The van der Waals surface area contributed by atoms with Gasteiger partial charge in [0.1, 0.15) is 17.7 Å². The van der Waals surface area contributed by atoms with Crippen molar-refractivity contribution in [2.45, 2.75) is 97.5 Å². The van der Waals surface area contributed by atoms with Gasteiger partial charge >= 0.3 is 6.09 Å². The van der Waals surface area contributed by atoms with Crippen molar-refractivity contribution in [3.05, 3.63) is 71.8 Å². The van der Waals surface area contributed by atoms with Crippen LogP contribution in [-0.2, 0) is 20.7 Å². The van der Waals surface area contributed by atoms with Gasteiger partial charge in [-0.25, -0.2) is 4.79 Å². The molecule has 0 saturated heterocycles. The third-order valence-electron chi connectivity index (χ3n) is 5.83. The van der Waals surface area contributed by atoms with Crippen LogP contribution in [0.5, 0.6) is 0 Å². The Bertz CT molecular complexity index is 1000. The molecule has 2 rings (SSSR count). The number of alkyl carbamates (subject to hydrolysis) is 1. The van der Waals surface area contributed by atoms with Crippen LogP contribution in [0.1, 0.15) is 78.5 Å². The van der Waals surface area contributed by atoms with Gasteiger partial charge in [-0.15, -0.1) is 0 Å². The van der Waals surface area contributed by atoms with Gasteiger partial charge in [0.2, 0.25) is 11.8 Å². The maximum Gasteiger partial charge on any atom is 0.408 e. The number of benzene rings is 2. The smallest absolute Gasteiger partial charge is 0.408 e. The lowest BCUT2D eigenvalue weighted by Gasteiger charge is -2.37. The van der Waals surface area contributed by atoms with E-state index in [1.807, 2.05) is 81.4 Å². The van der Waals surface area contributed by atoms with Gasteiger partial charge in [-0.3, -0.25) is 9.59 Å². The van der Waals surface area contributed by atoms with Crippen molar-refractivity contribution in [3.63, 3.8) is 0 Å². The number of nitrogens with zero attached hydrogens (tertiary/aromatic N) is 1. The largest absolute Gasteiger partial charge is 0.444 e. The minimum Gasteiger partial charge on any atom is -0.444 e. The molecule has 0 radical (unpaired) electrons. The minimum absolute atomic E-state index is 0.0344. The molecule has 0 saturated carbocycles. The number of ether oxygens (including phenoxy) is 1. The predicted octanol–water partition coefficient (Wildman–Crippen LogP) is 5.41. The van der Waals surface area contributed by atoms with Crippen molar-refractivity contribution in [3.8, 4) is 0 Å². The minimum atomic E-state index is -0.924. The van der Waals surface area contributed by atoms with Crippen LogP contribution in [-0.4, -0.2) is 46.5 Å². The lowest BCUT2D eigenvalue weighted by Crippen LogP contribution is -2.56. The van der Waals surface area contributed by atoms with Crippen molar-refractivity contribution in [1.82, 2.24) is 15.5 Å². The highest BCUT2D eigenvalue weighted by atomic mass is 16.6. The summed E-state index contributed by atoms with van der Waals surface area (Å²) in [4.78, 5) is 42.2. The summed E-state index contributed by atoms with van der Waals surface area (Å²) in [6, 6.07) is 16.7. The van der Waals surface area contributed by atoms with Gasteiger partial charge in [0, 0.05) is 18.5 Å². The van der Waals surface area contributed by atoms with E-state index < -0.39 is 23.8 Å². The number of amides is 3. The van der Waals surface area contributed by atoms with E-state index in [-0.39, 0.29) is 30.3 Å². The normalized spacial score (nSPS) is 13.8. The summed E-state index contributed by atoms with van der Waals surface area (Å²) < 4.78 is 5.47. The van der Waals surface area contributed by atoms with Crippen LogP contribution in [0.2, 0.25) is 0 Å². The van der Waals surface area contributed by atoms with Gasteiger partial charge in [-0.1, -0.05) is 74.0 Å². The Morgan fingerprint density at radius 3 is 1.97 bits per heavy atom. The topological polar surface area (TPSA) is 87.7 Å². The summed E-state index contributed by atoms with van der Waals surface area (Å²) in [7, 11) is 0. The molecule has 37 heavy (non-hydrogen) atoms. The second-order valence-corrected chi connectivity index (χ2v) is 10.7. The Morgan fingerprint density at radius 2 is 1.46 bits per heavy atom. The fourth-order valence-corrected chi connectivity index (χ4v) is 4.26. The van der Waals surface area contributed by atoms with E-state index in [2.05, 4.69) is 17.6 Å². The van der Waals surface area contributed by atoms with Gasteiger partial charge in [0.05, 0.1) is 0 Å². The molecule has 0 aromatic heterocycles. The fourth-order valence-electron chi connectivity index (χ4n) is 4.26. The van der Waals surface area contributed by atoms with Gasteiger partial charge in [-0.05, 0) is 59.1 Å². The molecule has 0 aliphatic carbocycles. The Morgan fingerprint density at radius 1 is 0.892 bits per heavy atom. The number of rotatable bonds is 11. The first kappa shape index (κ1) is 29.9. The van der Waals surface area contributed by atoms with E-state index in [9.17, 15) is 14.4 Å². The van der Waals surface area contributed by atoms with Crippen LogP contribution in [0.4, 0.5) is 4.79 Å². The third kappa shape index (κ3) is 9.56. The second-order valence-electron chi connectivity index (χ2n) is 10.7. The van der Waals surface area contributed by atoms with E-state index in [0.717, 1.165) is 18.4 Å². The van der Waals surface area contributed by atoms with Gasteiger partial charge in [-0.2, -0.15) is 0 Å². The molecule has 0 heterocycles. The highest BCUT2D eigenvalue weighted by molar-refractivity contribution is 5.92. The SMILES string of the molecule is CCCC(C)NC(=O)C(c1ccccc1)N(C(=O)C(Cc1ccccc1)NC(=O)OC(C)(C)C)C(C)C. The van der Waals surface area contributed by atoms with E-state index in [1.54, 1.807) is 25.7 Å². The quantitative estimate of drug-likeness (QED) is 0.424. The van der Waals surface area contributed by atoms with Crippen LogP contribution in [0.25, 0.3) is 0 Å². The number of carbonyl (C=O) groups excluding carboxylic acids is 3. The molecule has 3 unspecified atom stereocenters. The zero-order valence-electron chi connectivity index (χ0n) is 23.3. The van der Waals surface area contributed by atoms with E-state index in [4.69, 9.17) is 4.74 Å². The first-order valence-corrected chi connectivity index (χ1v) is 13.1. The Labute approximate surface area is 222 Å². The summed E-state index contributed by atoms with van der Waals surface area (Å²) >= 11 is 0. The summed E-state index contributed by atoms with van der Waals surface area (Å²) in [5, 5.41) is 5.86. The summed E-state index contributed by atoms with van der Waals surface area (Å²) in [6.07, 6.45) is 1.35. The van der Waals surface area contributed by atoms with Gasteiger partial charge in [0.15, 0.2) is 0 Å². The molecule has 7 heteroatoms. The Kier molecular flexibility index (Phi) is 11.2. The lowest BCUT2D eigenvalue weighted by molar-refractivity contribution is -0.144. The van der Waals surface area contributed by atoms with Crippen molar-refractivity contribution in [2.75, 3.05) is 0 Å². The molecular weight excluding hydrogens is 466 g/mol. The number of hydrogen-bond acceptors (Lipinski definition) is 4. The molecule has 2 N–H and O–H groups in total. The summed E-state index contributed by atoms with van der Waals surface area (Å²) in [5.41, 5.74) is 0.878. The summed E-state index contributed by atoms with van der Waals surface area (Å²) in [6.45, 7) is 13.1. The third-order valence-corrected chi connectivity index (χ3v) is 5.83. The molecule has 2 aromatic carbocycles. The number of hydrogen-bond donors (Lipinski definition) is 2. The zero-order chi connectivity index (χ0) is 27.6. The predicted molar refractivity (Wildman–Crippen MR) is 147 cm³/mol. The zero-order valence-corrected chi connectivity index (χ0v) is 23.3. The van der Waals surface area contributed by atoms with Crippen molar-refractivity contribution in [2.24, 2.45) is 0 Å². The number of carbonyl (C=O) groups is 3. The first-order valence-electron chi connectivity index (χ1n) is 13.1. The average Bonchev–Trinajstić information content (AvgIpc) is 2.81. The molecule has 0 aliphatic rings. The highest BCUT2D eigenvalue weighted by Crippen LogP contribution is 2.26. The van der Waals surface area contributed by atoms with Crippen LogP contribution < -0.4 is 10.6 Å². The van der Waals surface area contributed by atoms with Crippen molar-refractivity contribution >= 4 is 17.9 Å². The van der Waals surface area contributed by atoms with Crippen LogP contribution in [0, 0.1) is 0 Å². The van der Waals surface area contributed by atoms with Crippen molar-refractivity contribution < 1.29 is 19.1 Å². The van der Waals surface area contributed by atoms with E-state index in [0.29, 0.717) is 5.56 Å². The lowest BCUT2D eigenvalue weighted by atomic mass is 9.98. The van der Waals surface area contributed by atoms with Crippen LogP contribution >= 0.6 is 0 Å². The maximum absolute atomic E-state index is 14.2. The average molecular weight is 510 g/mol. The van der Waals surface area contributed by atoms with Crippen LogP contribution in [0.3, 0.4) is 0 Å². The summed E-state index contributed by atoms with van der Waals surface area (Å²) in [5.74, 6) is -0.596. The molecule has 0 bridgehead atoms. The first-order chi connectivity index (χ1) is 17.4. The number of nitrogens with one attached hydrogen (secondary N) is 2. The molecule has 7 nitrogen and oxygen atoms in total. The molecular formula is C30H43N3O4. The molecule has 202 valence electrons. The highest BCUT2D eigenvalue weighted by Gasteiger charge is 2.38. The molecule has 0 fully saturated rings. The van der Waals surface area contributed by atoms with Gasteiger partial charge < -0.3 is 20.3 Å². The van der Waals surface area contributed by atoms with E-state index >= 15 is 0 Å². The monoisotopic (exact) mass is 509 g/mol. The standard InChI is InChI=1S/C30H43N3O4/c1-8-15-22(4)31-27(34)26(24-18-13-10-14-19-24)33(21(2)3)28(35)25(20-23-16-11-9-12-17-23)32-29(36)37-30(5,6)7/h9-14,16-19,21-22,25-26H,8,15,20H2,1-7H3,(H,31,34)(H,32,36).